The zero-order chi connectivity index (χ0) is 13.3. The standard InChI is InChI=1S/C11H12F3N3O.ClH/c12-11(13,14)8-1-2-9(16-3-8)6-17-4-7(5-17)10(15)18;/h1-3,7H,4-6H2,(H2,15,18);1H. The minimum atomic E-state index is -4.36. The van der Waals surface area contributed by atoms with Gasteiger partial charge < -0.3 is 5.73 Å². The van der Waals surface area contributed by atoms with E-state index in [0.29, 0.717) is 25.3 Å². The van der Waals surface area contributed by atoms with Crippen molar-refractivity contribution < 1.29 is 18.0 Å². The van der Waals surface area contributed by atoms with Gasteiger partial charge in [0.2, 0.25) is 5.91 Å². The number of nitrogens with zero attached hydrogens (tertiary/aromatic N) is 2. The molecule has 1 aliphatic heterocycles. The Balaban J connectivity index is 0.00000180. The molecule has 0 saturated carbocycles. The van der Waals surface area contributed by atoms with E-state index in [-0.39, 0.29) is 24.2 Å². The van der Waals surface area contributed by atoms with Gasteiger partial charge in [-0.25, -0.2) is 0 Å². The number of aromatic nitrogens is 1. The number of hydrogen-bond donors (Lipinski definition) is 1. The van der Waals surface area contributed by atoms with Gasteiger partial charge in [-0.15, -0.1) is 12.4 Å². The van der Waals surface area contributed by atoms with Crippen molar-refractivity contribution in [3.8, 4) is 0 Å². The number of nitrogens with two attached hydrogens (primary N) is 1. The Bertz CT molecular complexity index is 443. The SMILES string of the molecule is Cl.NC(=O)C1CN(Cc2ccc(C(F)(F)F)cn2)C1. The van der Waals surface area contributed by atoms with Gasteiger partial charge in [0.1, 0.15) is 0 Å². The summed E-state index contributed by atoms with van der Waals surface area (Å²) in [5.74, 6) is -0.494. The van der Waals surface area contributed by atoms with Crippen molar-refractivity contribution in [3.63, 3.8) is 0 Å². The van der Waals surface area contributed by atoms with Gasteiger partial charge in [-0.1, -0.05) is 0 Å². The van der Waals surface area contributed by atoms with Crippen LogP contribution < -0.4 is 5.73 Å². The van der Waals surface area contributed by atoms with Crippen LogP contribution in [0.25, 0.3) is 0 Å². The summed E-state index contributed by atoms with van der Waals surface area (Å²) in [4.78, 5) is 16.5. The van der Waals surface area contributed by atoms with Crippen molar-refractivity contribution in [2.75, 3.05) is 13.1 Å². The molecule has 8 heteroatoms. The predicted octanol–water partition coefficient (Wildman–Crippen LogP) is 1.44. The van der Waals surface area contributed by atoms with Crippen LogP contribution in [0.4, 0.5) is 13.2 Å². The fourth-order valence-electron chi connectivity index (χ4n) is 1.79. The van der Waals surface area contributed by atoms with Crippen molar-refractivity contribution in [1.29, 1.82) is 0 Å². The number of pyridine rings is 1. The summed E-state index contributed by atoms with van der Waals surface area (Å²) in [6.07, 6.45) is -3.54. The molecule has 0 spiro atoms. The normalized spacial score (nSPS) is 16.6. The van der Waals surface area contributed by atoms with Gasteiger partial charge in [0, 0.05) is 25.8 Å². The van der Waals surface area contributed by atoms with Crippen LogP contribution in [0.3, 0.4) is 0 Å². The van der Waals surface area contributed by atoms with E-state index in [1.54, 1.807) is 0 Å². The summed E-state index contributed by atoms with van der Waals surface area (Å²) < 4.78 is 36.9. The zero-order valence-corrected chi connectivity index (χ0v) is 10.7. The average molecular weight is 296 g/mol. The van der Waals surface area contributed by atoms with E-state index in [1.807, 2.05) is 4.90 Å². The van der Waals surface area contributed by atoms with E-state index < -0.39 is 11.7 Å². The fraction of sp³-hybridized carbons (Fsp3) is 0.455. The number of likely N-dealkylation sites (tertiary alicyclic amines) is 1. The van der Waals surface area contributed by atoms with Gasteiger partial charge in [-0.3, -0.25) is 14.7 Å². The number of alkyl halides is 3. The Morgan fingerprint density at radius 2 is 2.05 bits per heavy atom. The minimum absolute atomic E-state index is 0. The van der Waals surface area contributed by atoms with E-state index in [2.05, 4.69) is 4.98 Å². The number of rotatable bonds is 3. The largest absolute Gasteiger partial charge is 0.417 e. The molecule has 0 atom stereocenters. The third kappa shape index (κ3) is 3.81. The van der Waals surface area contributed by atoms with Crippen LogP contribution in [0, 0.1) is 5.92 Å². The van der Waals surface area contributed by atoms with Crippen LogP contribution in [0.5, 0.6) is 0 Å². The molecule has 1 saturated heterocycles. The van der Waals surface area contributed by atoms with Crippen molar-refractivity contribution in [3.05, 3.63) is 29.6 Å². The minimum Gasteiger partial charge on any atom is -0.369 e. The van der Waals surface area contributed by atoms with Gasteiger partial charge in [-0.2, -0.15) is 13.2 Å². The quantitative estimate of drug-likeness (QED) is 0.918. The van der Waals surface area contributed by atoms with Crippen LogP contribution in [-0.2, 0) is 17.5 Å². The van der Waals surface area contributed by atoms with Crippen molar-refractivity contribution in [2.24, 2.45) is 11.7 Å². The van der Waals surface area contributed by atoms with Crippen molar-refractivity contribution in [1.82, 2.24) is 9.88 Å². The number of primary amides is 1. The molecule has 1 aliphatic rings. The molecule has 0 radical (unpaired) electrons. The van der Waals surface area contributed by atoms with Crippen LogP contribution in [0.2, 0.25) is 0 Å². The summed E-state index contributed by atoms with van der Waals surface area (Å²) in [6.45, 7) is 1.51. The second kappa shape index (κ2) is 5.75. The third-order valence-electron chi connectivity index (χ3n) is 2.90. The third-order valence-corrected chi connectivity index (χ3v) is 2.90. The van der Waals surface area contributed by atoms with Gasteiger partial charge in [0.15, 0.2) is 0 Å². The molecule has 0 aliphatic carbocycles. The molecule has 1 fully saturated rings. The summed E-state index contributed by atoms with van der Waals surface area (Å²) in [5, 5.41) is 0. The topological polar surface area (TPSA) is 59.2 Å². The Morgan fingerprint density at radius 1 is 1.42 bits per heavy atom. The highest BCUT2D eigenvalue weighted by molar-refractivity contribution is 5.85. The second-order valence-corrected chi connectivity index (χ2v) is 4.33. The number of hydrogen-bond acceptors (Lipinski definition) is 3. The van der Waals surface area contributed by atoms with Crippen molar-refractivity contribution in [2.45, 2.75) is 12.7 Å². The van der Waals surface area contributed by atoms with E-state index in [4.69, 9.17) is 5.73 Å². The molecular weight excluding hydrogens is 283 g/mol. The van der Waals surface area contributed by atoms with Gasteiger partial charge >= 0.3 is 6.18 Å². The van der Waals surface area contributed by atoms with Crippen LogP contribution >= 0.6 is 12.4 Å². The Kier molecular flexibility index (Phi) is 4.75. The highest BCUT2D eigenvalue weighted by atomic mass is 35.5. The zero-order valence-electron chi connectivity index (χ0n) is 9.85. The van der Waals surface area contributed by atoms with E-state index in [1.165, 1.54) is 6.07 Å². The number of carbonyl (C=O) groups is 1. The summed E-state index contributed by atoms with van der Waals surface area (Å²) >= 11 is 0. The average Bonchev–Trinajstić information content (AvgIpc) is 2.21. The molecular formula is C11H13ClF3N3O. The molecule has 1 aromatic heterocycles. The van der Waals surface area contributed by atoms with E-state index >= 15 is 0 Å². The molecule has 2 heterocycles. The maximum Gasteiger partial charge on any atom is 0.417 e. The Labute approximate surface area is 114 Å². The lowest BCUT2D eigenvalue weighted by molar-refractivity contribution is -0.138. The van der Waals surface area contributed by atoms with Gasteiger partial charge in [0.25, 0.3) is 0 Å². The molecule has 1 aromatic rings. The first kappa shape index (κ1) is 15.7. The molecule has 0 bridgehead atoms. The van der Waals surface area contributed by atoms with Crippen LogP contribution in [0.15, 0.2) is 18.3 Å². The van der Waals surface area contributed by atoms with Gasteiger partial charge in [0.05, 0.1) is 17.2 Å². The smallest absolute Gasteiger partial charge is 0.369 e. The summed E-state index contributed by atoms with van der Waals surface area (Å²) in [6, 6.07) is 2.36. The molecule has 19 heavy (non-hydrogen) atoms. The van der Waals surface area contributed by atoms with E-state index in [0.717, 1.165) is 12.3 Å². The van der Waals surface area contributed by atoms with Gasteiger partial charge in [-0.05, 0) is 12.1 Å². The predicted molar refractivity (Wildman–Crippen MR) is 64.4 cm³/mol. The second-order valence-electron chi connectivity index (χ2n) is 4.33. The fourth-order valence-corrected chi connectivity index (χ4v) is 1.79. The van der Waals surface area contributed by atoms with Crippen molar-refractivity contribution >= 4 is 18.3 Å². The molecule has 0 unspecified atom stereocenters. The first-order chi connectivity index (χ1) is 8.36. The van der Waals surface area contributed by atoms with E-state index in [9.17, 15) is 18.0 Å². The summed E-state index contributed by atoms with van der Waals surface area (Å²) in [7, 11) is 0. The molecule has 1 amide bonds. The lowest BCUT2D eigenvalue weighted by Crippen LogP contribution is -2.51. The molecule has 2 N–H and O–H groups in total. The monoisotopic (exact) mass is 295 g/mol. The number of amides is 1. The summed E-state index contributed by atoms with van der Waals surface area (Å²) in [5.41, 5.74) is 4.90. The maximum atomic E-state index is 12.3. The molecule has 0 aromatic carbocycles. The number of halogens is 4. The molecule has 4 nitrogen and oxygen atoms in total. The van der Waals surface area contributed by atoms with Crippen LogP contribution in [0.1, 0.15) is 11.3 Å². The highest BCUT2D eigenvalue weighted by Gasteiger charge is 2.32. The Hall–Kier alpha value is -1.34. The number of carbonyl (C=O) groups excluding carboxylic acids is 1. The first-order valence-electron chi connectivity index (χ1n) is 5.40. The lowest BCUT2D eigenvalue weighted by Gasteiger charge is -2.36. The molecule has 2 rings (SSSR count). The highest BCUT2D eigenvalue weighted by Crippen LogP contribution is 2.28. The molecule has 106 valence electrons. The maximum absolute atomic E-state index is 12.3. The lowest BCUT2D eigenvalue weighted by atomic mass is 9.99. The van der Waals surface area contributed by atoms with Crippen LogP contribution in [-0.4, -0.2) is 28.9 Å². The Morgan fingerprint density at radius 3 is 2.47 bits per heavy atom. The first-order valence-corrected chi connectivity index (χ1v) is 5.40.